The number of benzene rings is 1. The Hall–Kier alpha value is -1.88. The lowest BCUT2D eigenvalue weighted by Gasteiger charge is -2.15. The number of halogens is 1. The molecule has 2 atom stereocenters. The Labute approximate surface area is 112 Å². The van der Waals surface area contributed by atoms with Crippen molar-refractivity contribution in [3.8, 4) is 5.75 Å². The van der Waals surface area contributed by atoms with E-state index in [9.17, 15) is 9.18 Å². The van der Waals surface area contributed by atoms with E-state index in [-0.39, 0.29) is 11.9 Å². The number of amides is 1. The van der Waals surface area contributed by atoms with Gasteiger partial charge in [0.05, 0.1) is 0 Å². The van der Waals surface area contributed by atoms with Crippen LogP contribution < -0.4 is 15.8 Å². The highest BCUT2D eigenvalue weighted by Crippen LogP contribution is 2.21. The van der Waals surface area contributed by atoms with Crippen molar-refractivity contribution in [2.45, 2.75) is 26.0 Å². The highest BCUT2D eigenvalue weighted by atomic mass is 19.1. The minimum Gasteiger partial charge on any atom is -0.481 e. The summed E-state index contributed by atoms with van der Waals surface area (Å²) in [6.07, 6.45) is 0.863. The second kappa shape index (κ2) is 6.89. The van der Waals surface area contributed by atoms with Crippen molar-refractivity contribution in [1.82, 2.24) is 5.32 Å². The Morgan fingerprint density at radius 1 is 1.58 bits per heavy atom. The molecule has 0 aromatic heterocycles. The zero-order valence-corrected chi connectivity index (χ0v) is 11.2. The Morgan fingerprint density at radius 2 is 2.26 bits per heavy atom. The van der Waals surface area contributed by atoms with Crippen LogP contribution in [-0.4, -0.2) is 18.6 Å². The van der Waals surface area contributed by atoms with E-state index in [1.54, 1.807) is 32.1 Å². The van der Waals surface area contributed by atoms with Crippen LogP contribution >= 0.6 is 0 Å². The lowest BCUT2D eigenvalue weighted by Crippen LogP contribution is -2.36. The molecule has 0 aliphatic carbocycles. The molecule has 0 radical (unpaired) electrons. The van der Waals surface area contributed by atoms with Gasteiger partial charge in [-0.2, -0.15) is 0 Å². The van der Waals surface area contributed by atoms with Crippen molar-refractivity contribution in [3.63, 3.8) is 0 Å². The summed E-state index contributed by atoms with van der Waals surface area (Å²) in [6, 6.07) is 4.00. The number of hydrogen-bond acceptors (Lipinski definition) is 3. The molecule has 0 bridgehead atoms. The first-order chi connectivity index (χ1) is 8.95. The van der Waals surface area contributed by atoms with Gasteiger partial charge >= 0.3 is 0 Å². The molecule has 1 amide bonds. The maximum absolute atomic E-state index is 13.7. The molecule has 0 aliphatic heterocycles. The molecule has 0 aliphatic rings. The molecule has 1 rings (SSSR count). The molecule has 0 spiro atoms. The third-order valence-corrected chi connectivity index (χ3v) is 2.57. The smallest absolute Gasteiger partial charge is 0.261 e. The molecule has 1 aromatic rings. The highest BCUT2D eigenvalue weighted by molar-refractivity contribution is 5.80. The molecule has 0 saturated carbocycles. The van der Waals surface area contributed by atoms with Crippen LogP contribution in [0.5, 0.6) is 5.75 Å². The van der Waals surface area contributed by atoms with E-state index in [1.165, 1.54) is 6.07 Å². The summed E-state index contributed by atoms with van der Waals surface area (Å²) in [5, 5.41) is 2.60. The van der Waals surface area contributed by atoms with Crippen LogP contribution in [0.2, 0.25) is 0 Å². The van der Waals surface area contributed by atoms with Crippen molar-refractivity contribution >= 4 is 5.91 Å². The minimum absolute atomic E-state index is 0.281. The Bertz CT molecular complexity index is 461. The van der Waals surface area contributed by atoms with Crippen LogP contribution in [0.15, 0.2) is 30.9 Å². The molecule has 104 valence electrons. The van der Waals surface area contributed by atoms with Crippen LogP contribution in [-0.2, 0) is 4.79 Å². The molecule has 0 fully saturated rings. The van der Waals surface area contributed by atoms with Gasteiger partial charge in [0.25, 0.3) is 5.91 Å². The van der Waals surface area contributed by atoms with Gasteiger partial charge in [0, 0.05) is 24.2 Å². The van der Waals surface area contributed by atoms with Crippen molar-refractivity contribution in [2.75, 3.05) is 6.54 Å². The molecular weight excluding hydrogens is 247 g/mol. The molecule has 1 aromatic carbocycles. The zero-order chi connectivity index (χ0) is 14.4. The monoisotopic (exact) mass is 266 g/mol. The quantitative estimate of drug-likeness (QED) is 0.773. The van der Waals surface area contributed by atoms with Gasteiger partial charge < -0.3 is 15.8 Å². The lowest BCUT2D eigenvalue weighted by molar-refractivity contribution is -0.127. The van der Waals surface area contributed by atoms with Gasteiger partial charge in [-0.1, -0.05) is 12.1 Å². The topological polar surface area (TPSA) is 64.3 Å². The van der Waals surface area contributed by atoms with E-state index in [1.807, 2.05) is 0 Å². The average Bonchev–Trinajstić information content (AvgIpc) is 2.35. The van der Waals surface area contributed by atoms with E-state index < -0.39 is 11.9 Å². The van der Waals surface area contributed by atoms with E-state index in [4.69, 9.17) is 10.5 Å². The first-order valence-electron chi connectivity index (χ1n) is 6.06. The molecule has 19 heavy (non-hydrogen) atoms. The summed E-state index contributed by atoms with van der Waals surface area (Å²) in [6.45, 7) is 7.15. The van der Waals surface area contributed by atoms with Gasteiger partial charge in [0.2, 0.25) is 0 Å². The molecule has 0 heterocycles. The fraction of sp³-hybridized carbons (Fsp3) is 0.357. The van der Waals surface area contributed by atoms with E-state index in [2.05, 4.69) is 11.9 Å². The van der Waals surface area contributed by atoms with Gasteiger partial charge in [-0.3, -0.25) is 4.79 Å². The first-order valence-corrected chi connectivity index (χ1v) is 6.06. The Morgan fingerprint density at radius 3 is 2.79 bits per heavy atom. The third kappa shape index (κ3) is 4.37. The zero-order valence-electron chi connectivity index (χ0n) is 11.2. The van der Waals surface area contributed by atoms with Crippen LogP contribution in [0.1, 0.15) is 25.5 Å². The Kier molecular flexibility index (Phi) is 5.51. The van der Waals surface area contributed by atoms with Crippen molar-refractivity contribution in [1.29, 1.82) is 0 Å². The lowest BCUT2D eigenvalue weighted by atomic mass is 10.1. The van der Waals surface area contributed by atoms with Gasteiger partial charge in [0.1, 0.15) is 11.6 Å². The SMILES string of the molecule is C=CCNC(=O)C(C)Oc1ccc([C@H](C)N)c(F)c1. The number of nitrogens with one attached hydrogen (secondary N) is 1. The van der Waals surface area contributed by atoms with E-state index in [0.29, 0.717) is 17.9 Å². The third-order valence-electron chi connectivity index (χ3n) is 2.57. The minimum atomic E-state index is -0.708. The number of nitrogens with two attached hydrogens (primary N) is 1. The highest BCUT2D eigenvalue weighted by Gasteiger charge is 2.15. The molecular formula is C14H19FN2O2. The molecule has 1 unspecified atom stereocenters. The van der Waals surface area contributed by atoms with Crippen molar-refractivity contribution in [2.24, 2.45) is 5.73 Å². The van der Waals surface area contributed by atoms with Gasteiger partial charge in [0.15, 0.2) is 6.10 Å². The largest absolute Gasteiger partial charge is 0.481 e. The number of rotatable bonds is 6. The maximum atomic E-state index is 13.7. The summed E-state index contributed by atoms with van der Waals surface area (Å²) in [5.74, 6) is -0.425. The van der Waals surface area contributed by atoms with Gasteiger partial charge in [-0.15, -0.1) is 6.58 Å². The fourth-order valence-electron chi connectivity index (χ4n) is 1.52. The predicted molar refractivity (Wildman–Crippen MR) is 72.3 cm³/mol. The maximum Gasteiger partial charge on any atom is 0.261 e. The summed E-state index contributed by atoms with van der Waals surface area (Å²) in [7, 11) is 0. The standard InChI is InChI=1S/C14H19FN2O2/c1-4-7-17-14(18)10(3)19-11-5-6-12(9(2)16)13(15)8-11/h4-6,8-10H,1,7,16H2,2-3H3,(H,17,18)/t9-,10?/m0/s1. The fourth-order valence-corrected chi connectivity index (χ4v) is 1.52. The summed E-state index contributed by atoms with van der Waals surface area (Å²) < 4.78 is 19.0. The average molecular weight is 266 g/mol. The van der Waals surface area contributed by atoms with Crippen molar-refractivity contribution < 1.29 is 13.9 Å². The van der Waals surface area contributed by atoms with E-state index in [0.717, 1.165) is 0 Å². The van der Waals surface area contributed by atoms with Gasteiger partial charge in [-0.25, -0.2) is 4.39 Å². The van der Waals surface area contributed by atoms with Crippen LogP contribution in [0.4, 0.5) is 4.39 Å². The van der Waals surface area contributed by atoms with E-state index >= 15 is 0 Å². The van der Waals surface area contributed by atoms with Crippen molar-refractivity contribution in [3.05, 3.63) is 42.2 Å². The number of carbonyl (C=O) groups excluding carboxylic acids is 1. The first kappa shape index (κ1) is 15.2. The molecule has 3 N–H and O–H groups in total. The number of ether oxygens (including phenoxy) is 1. The normalized spacial score (nSPS) is 13.5. The van der Waals surface area contributed by atoms with Crippen LogP contribution in [0.3, 0.4) is 0 Å². The summed E-state index contributed by atoms with van der Waals surface area (Å²) >= 11 is 0. The number of carbonyl (C=O) groups is 1. The summed E-state index contributed by atoms with van der Waals surface area (Å²) in [5.41, 5.74) is 6.03. The molecule has 4 nitrogen and oxygen atoms in total. The second-order valence-electron chi connectivity index (χ2n) is 4.27. The molecule has 0 saturated heterocycles. The Balaban J connectivity index is 2.69. The number of hydrogen-bond donors (Lipinski definition) is 2. The second-order valence-corrected chi connectivity index (χ2v) is 4.27. The summed E-state index contributed by atoms with van der Waals surface area (Å²) in [4.78, 5) is 11.6. The van der Waals surface area contributed by atoms with Gasteiger partial charge in [-0.05, 0) is 19.9 Å². The van der Waals surface area contributed by atoms with Crippen LogP contribution in [0, 0.1) is 5.82 Å². The predicted octanol–water partition coefficient (Wildman–Crippen LogP) is 1.91. The van der Waals surface area contributed by atoms with Crippen LogP contribution in [0.25, 0.3) is 0 Å². The molecule has 5 heteroatoms.